The molecule has 1 nitrogen and oxygen atoms in total. The van der Waals surface area contributed by atoms with Crippen LogP contribution in [0, 0.1) is 11.6 Å². The van der Waals surface area contributed by atoms with Gasteiger partial charge >= 0.3 is 0 Å². The van der Waals surface area contributed by atoms with Crippen LogP contribution in [0.1, 0.15) is 0 Å². The third kappa shape index (κ3) is 3.40. The molecule has 0 N–H and O–H groups in total. The van der Waals surface area contributed by atoms with Crippen molar-refractivity contribution in [1.82, 2.24) is 0 Å². The molecule has 0 heterocycles. The molecule has 4 heteroatoms. The van der Waals surface area contributed by atoms with Crippen LogP contribution in [0.3, 0.4) is 0 Å². The Bertz CT molecular complexity index is 1950. The normalized spacial score (nSPS) is 12.1. The van der Waals surface area contributed by atoms with Gasteiger partial charge in [0.05, 0.1) is 0 Å². The zero-order valence-corrected chi connectivity index (χ0v) is 21.1. The fraction of sp³-hybridized carbons (Fsp3) is 0. The summed E-state index contributed by atoms with van der Waals surface area (Å²) in [7, 11) is -3.76. The van der Waals surface area contributed by atoms with Gasteiger partial charge in [-0.1, -0.05) is 109 Å². The fourth-order valence-electron chi connectivity index (χ4n) is 5.73. The highest BCUT2D eigenvalue weighted by Crippen LogP contribution is 2.47. The first-order valence-electron chi connectivity index (χ1n) is 12.4. The van der Waals surface area contributed by atoms with E-state index in [4.69, 9.17) is 0 Å². The minimum Gasteiger partial charge on any atom is -0.309 e. The monoisotopic (exact) mass is 514 g/mol. The molecule has 0 fully saturated rings. The van der Waals surface area contributed by atoms with Crippen LogP contribution in [0.15, 0.2) is 127 Å². The molecular formula is C34H21F2OP. The van der Waals surface area contributed by atoms with E-state index in [2.05, 4.69) is 0 Å². The van der Waals surface area contributed by atoms with Crippen LogP contribution in [-0.4, -0.2) is 0 Å². The Morgan fingerprint density at radius 1 is 0.421 bits per heavy atom. The lowest BCUT2D eigenvalue weighted by Crippen LogP contribution is -2.27. The van der Waals surface area contributed by atoms with Gasteiger partial charge in [0.2, 0.25) is 0 Å². The molecule has 7 aromatic rings. The number of rotatable bonds is 3. The topological polar surface area (TPSA) is 17.1 Å². The summed E-state index contributed by atoms with van der Waals surface area (Å²) in [5.74, 6) is -1.51. The van der Waals surface area contributed by atoms with Crippen molar-refractivity contribution >= 4 is 66.1 Å². The maximum atomic E-state index is 15.7. The van der Waals surface area contributed by atoms with Crippen LogP contribution < -0.4 is 15.9 Å². The first-order chi connectivity index (χ1) is 18.5. The third-order valence-electron chi connectivity index (χ3n) is 7.42. The molecule has 0 bridgehead atoms. The van der Waals surface area contributed by atoms with Crippen LogP contribution in [-0.2, 0) is 4.57 Å². The number of fused-ring (bicyclic) bond motifs is 6. The number of hydrogen-bond donors (Lipinski definition) is 0. The Labute approximate surface area is 218 Å². The highest BCUT2D eigenvalue weighted by atomic mass is 31.2. The van der Waals surface area contributed by atoms with Gasteiger partial charge in [-0.05, 0) is 55.2 Å². The first kappa shape index (κ1) is 22.8. The van der Waals surface area contributed by atoms with Crippen molar-refractivity contribution in [1.29, 1.82) is 0 Å². The number of hydrogen-bond acceptors (Lipinski definition) is 1. The molecule has 0 saturated heterocycles. The van der Waals surface area contributed by atoms with Crippen molar-refractivity contribution in [3.8, 4) is 0 Å². The molecule has 7 rings (SSSR count). The molecule has 0 unspecified atom stereocenters. The van der Waals surface area contributed by atoms with Gasteiger partial charge in [0, 0.05) is 22.0 Å². The Hall–Kier alpha value is -4.33. The van der Waals surface area contributed by atoms with Gasteiger partial charge in [-0.2, -0.15) is 0 Å². The molecule has 182 valence electrons. The summed E-state index contributed by atoms with van der Waals surface area (Å²) in [6.45, 7) is 0. The Balaban J connectivity index is 1.64. The highest BCUT2D eigenvalue weighted by molar-refractivity contribution is 7.86. The molecule has 0 amide bonds. The summed E-state index contributed by atoms with van der Waals surface area (Å²) in [5.41, 5.74) is 0. The summed E-state index contributed by atoms with van der Waals surface area (Å²) in [6.07, 6.45) is 0. The quantitative estimate of drug-likeness (QED) is 0.172. The van der Waals surface area contributed by atoms with Crippen LogP contribution in [0.4, 0.5) is 8.78 Å². The van der Waals surface area contributed by atoms with Gasteiger partial charge in [-0.25, -0.2) is 8.78 Å². The molecule has 38 heavy (non-hydrogen) atoms. The van der Waals surface area contributed by atoms with E-state index >= 15 is 4.57 Å². The van der Waals surface area contributed by atoms with Gasteiger partial charge in [0.1, 0.15) is 11.6 Å². The predicted octanol–water partition coefficient (Wildman–Crippen LogP) is 8.22. The van der Waals surface area contributed by atoms with E-state index in [1.54, 1.807) is 0 Å². The molecule has 0 aliphatic heterocycles. The van der Waals surface area contributed by atoms with Gasteiger partial charge < -0.3 is 4.57 Å². The van der Waals surface area contributed by atoms with Gasteiger partial charge in [0.15, 0.2) is 7.14 Å². The van der Waals surface area contributed by atoms with E-state index in [9.17, 15) is 8.78 Å². The van der Waals surface area contributed by atoms with Crippen molar-refractivity contribution in [2.75, 3.05) is 0 Å². The molecule has 0 radical (unpaired) electrons. The second-order valence-corrected chi connectivity index (χ2v) is 12.3. The van der Waals surface area contributed by atoms with E-state index in [-0.39, 0.29) is 5.30 Å². The zero-order chi connectivity index (χ0) is 25.9. The third-order valence-corrected chi connectivity index (χ3v) is 10.5. The smallest absolute Gasteiger partial charge is 0.172 e. The van der Waals surface area contributed by atoms with E-state index in [1.807, 2.05) is 109 Å². The van der Waals surface area contributed by atoms with Crippen molar-refractivity contribution < 1.29 is 13.3 Å². The van der Waals surface area contributed by atoms with Crippen molar-refractivity contribution in [2.45, 2.75) is 0 Å². The Morgan fingerprint density at radius 3 is 1.37 bits per heavy atom. The summed E-state index contributed by atoms with van der Waals surface area (Å²) < 4.78 is 45.0. The number of benzene rings is 7. The molecule has 0 saturated carbocycles. The Kier molecular flexibility index (Phi) is 5.18. The van der Waals surface area contributed by atoms with Crippen LogP contribution >= 0.6 is 7.14 Å². The molecule has 0 aromatic heterocycles. The maximum absolute atomic E-state index is 15.7. The first-order valence-corrected chi connectivity index (χ1v) is 14.1. The van der Waals surface area contributed by atoms with Gasteiger partial charge in [0.25, 0.3) is 0 Å². The minimum atomic E-state index is -3.76. The summed E-state index contributed by atoms with van der Waals surface area (Å²) in [6, 6.07) is 38.7. The highest BCUT2D eigenvalue weighted by Gasteiger charge is 2.34. The van der Waals surface area contributed by atoms with Crippen LogP contribution in [0.2, 0.25) is 0 Å². The van der Waals surface area contributed by atoms with E-state index in [0.29, 0.717) is 10.6 Å². The zero-order valence-electron chi connectivity index (χ0n) is 20.2. The van der Waals surface area contributed by atoms with Crippen LogP contribution in [0.5, 0.6) is 0 Å². The second-order valence-electron chi connectivity index (χ2n) is 9.55. The predicted molar refractivity (Wildman–Crippen MR) is 156 cm³/mol. The minimum absolute atomic E-state index is 0.135. The summed E-state index contributed by atoms with van der Waals surface area (Å²) in [4.78, 5) is 0. The summed E-state index contributed by atoms with van der Waals surface area (Å²) >= 11 is 0. The molecule has 0 aliphatic carbocycles. The molecule has 0 atom stereocenters. The van der Waals surface area contributed by atoms with E-state index in [1.165, 1.54) is 12.1 Å². The molecular weight excluding hydrogens is 493 g/mol. The molecule has 0 aliphatic rings. The van der Waals surface area contributed by atoms with E-state index < -0.39 is 18.8 Å². The molecule has 0 spiro atoms. The maximum Gasteiger partial charge on any atom is 0.172 e. The lowest BCUT2D eigenvalue weighted by Gasteiger charge is -2.24. The summed E-state index contributed by atoms with van der Waals surface area (Å²) in [5, 5.41) is 8.97. The average Bonchev–Trinajstić information content (AvgIpc) is 2.95. The average molecular weight is 515 g/mol. The fourth-order valence-corrected chi connectivity index (χ4v) is 8.81. The lowest BCUT2D eigenvalue weighted by molar-refractivity contribution is 0.580. The van der Waals surface area contributed by atoms with Gasteiger partial charge in [-0.3, -0.25) is 0 Å². The van der Waals surface area contributed by atoms with Crippen molar-refractivity contribution in [3.63, 3.8) is 0 Å². The molecule has 7 aromatic carbocycles. The number of halogens is 2. The largest absolute Gasteiger partial charge is 0.309 e. The standard InChI is InChI=1S/C34H21F2OP/c35-24-19-25(36)21-26(20-24)38(37,33-13-5-11-29-27-9-3-1-7-22(27)15-17-31(29)33)34-14-6-12-30-28-10-4-2-8-23(28)16-18-32(30)34/h1-21H. The van der Waals surface area contributed by atoms with Crippen LogP contribution in [0.25, 0.3) is 43.1 Å². The Morgan fingerprint density at radius 2 is 0.868 bits per heavy atom. The lowest BCUT2D eigenvalue weighted by atomic mass is 10.0. The van der Waals surface area contributed by atoms with Crippen molar-refractivity contribution in [3.05, 3.63) is 139 Å². The SMILES string of the molecule is O=P(c1cc(F)cc(F)c1)(c1cccc2c1ccc1ccccc12)c1cccc2c1ccc1ccccc12. The second kappa shape index (κ2) is 8.62. The van der Waals surface area contributed by atoms with Gasteiger partial charge in [-0.15, -0.1) is 0 Å². The van der Waals surface area contributed by atoms with E-state index in [0.717, 1.165) is 49.2 Å². The van der Waals surface area contributed by atoms with Crippen molar-refractivity contribution in [2.24, 2.45) is 0 Å².